The maximum Gasteiger partial charge on any atom is 0.414 e. The lowest BCUT2D eigenvalue weighted by atomic mass is 9.91. The monoisotopic (exact) mass is 438 g/mol. The Morgan fingerprint density at radius 1 is 1.19 bits per heavy atom. The lowest BCUT2D eigenvalue weighted by Crippen LogP contribution is -2.42. The molecule has 2 fully saturated rings. The maximum atomic E-state index is 12.5. The lowest BCUT2D eigenvalue weighted by molar-refractivity contribution is 0.119. The van der Waals surface area contributed by atoms with Crippen LogP contribution < -0.4 is 15.0 Å². The van der Waals surface area contributed by atoms with Gasteiger partial charge in [-0.2, -0.15) is 5.10 Å². The van der Waals surface area contributed by atoms with Crippen molar-refractivity contribution in [2.45, 2.75) is 83.0 Å². The van der Waals surface area contributed by atoms with Gasteiger partial charge >= 0.3 is 6.09 Å². The minimum absolute atomic E-state index is 0.0991. The quantitative estimate of drug-likeness (QED) is 0.749. The average Bonchev–Trinajstić information content (AvgIpc) is 3.25. The Bertz CT molecular complexity index is 984. The molecule has 1 saturated carbocycles. The molecule has 2 aliphatic heterocycles. The van der Waals surface area contributed by atoms with Crippen molar-refractivity contribution in [1.82, 2.24) is 15.1 Å². The zero-order valence-corrected chi connectivity index (χ0v) is 19.3. The molecule has 2 aromatic rings. The molecule has 1 aromatic heterocycles. The molecule has 1 saturated heterocycles. The number of carbonyl (C=O) groups is 1. The summed E-state index contributed by atoms with van der Waals surface area (Å²) < 4.78 is 13.8. The molecule has 7 heteroatoms. The number of piperidine rings is 1. The van der Waals surface area contributed by atoms with Crippen molar-refractivity contribution in [3.8, 4) is 16.9 Å². The summed E-state index contributed by atoms with van der Waals surface area (Å²) in [6.07, 6.45) is 11.4. The molecular formula is C25H34N4O3. The number of nitrogens with one attached hydrogen (secondary N) is 1. The normalized spacial score (nSPS) is 25.7. The van der Waals surface area contributed by atoms with Gasteiger partial charge in [-0.3, -0.25) is 9.58 Å². The Kier molecular flexibility index (Phi) is 5.84. The number of nitrogens with zero attached hydrogens (tertiary/aromatic N) is 3. The standard InChI is InChI=1S/C25H34N4O3/c1-16-13-19(11-12-26-16)28-15-18(14-27-28)21-9-10-23-22(24(21)32-20-5-4-6-20)8-7-17(2)29(23)25(30)31-3/h9-10,14-17,19-20,26H,4-8,11-13H2,1-3H3/t16-,17+,19+/m1/s1. The fraction of sp³-hybridized carbons (Fsp3) is 0.600. The third kappa shape index (κ3) is 3.87. The molecule has 0 bridgehead atoms. The highest BCUT2D eigenvalue weighted by Gasteiger charge is 2.33. The van der Waals surface area contributed by atoms with E-state index in [9.17, 15) is 4.79 Å². The molecule has 0 radical (unpaired) electrons. The van der Waals surface area contributed by atoms with Gasteiger partial charge in [0.05, 0.1) is 31.1 Å². The average molecular weight is 439 g/mol. The van der Waals surface area contributed by atoms with Crippen molar-refractivity contribution < 1.29 is 14.3 Å². The third-order valence-corrected chi connectivity index (χ3v) is 7.34. The van der Waals surface area contributed by atoms with Gasteiger partial charge in [-0.15, -0.1) is 0 Å². The van der Waals surface area contributed by atoms with Gasteiger partial charge in [0.1, 0.15) is 5.75 Å². The van der Waals surface area contributed by atoms with Crippen LogP contribution in [-0.4, -0.2) is 47.7 Å². The van der Waals surface area contributed by atoms with Gasteiger partial charge in [0, 0.05) is 35.0 Å². The summed E-state index contributed by atoms with van der Waals surface area (Å²) in [5.74, 6) is 0.922. The van der Waals surface area contributed by atoms with Gasteiger partial charge < -0.3 is 14.8 Å². The van der Waals surface area contributed by atoms with E-state index in [-0.39, 0.29) is 18.2 Å². The van der Waals surface area contributed by atoms with E-state index in [1.807, 2.05) is 6.20 Å². The Morgan fingerprint density at radius 2 is 2.03 bits per heavy atom. The first kappa shape index (κ1) is 21.3. The molecule has 0 spiro atoms. The first-order valence-corrected chi connectivity index (χ1v) is 12.0. The SMILES string of the molecule is COC(=O)N1c2ccc(-c3cnn([C@H]4CCN[C@H](C)C4)c3)c(OC3CCC3)c2CC[C@@H]1C. The molecule has 3 aliphatic rings. The number of methoxy groups -OCH3 is 1. The summed E-state index contributed by atoms with van der Waals surface area (Å²) in [4.78, 5) is 14.3. The number of ether oxygens (including phenoxy) is 2. The number of anilines is 1. The summed E-state index contributed by atoms with van der Waals surface area (Å²) in [6.45, 7) is 5.33. The van der Waals surface area contributed by atoms with Crippen LogP contribution in [0.5, 0.6) is 5.75 Å². The van der Waals surface area contributed by atoms with E-state index < -0.39 is 0 Å². The van der Waals surface area contributed by atoms with E-state index in [0.29, 0.717) is 12.1 Å². The van der Waals surface area contributed by atoms with Gasteiger partial charge in [-0.05, 0) is 77.5 Å². The number of benzene rings is 1. The number of amides is 1. The first-order chi connectivity index (χ1) is 15.5. The molecule has 3 heterocycles. The van der Waals surface area contributed by atoms with E-state index >= 15 is 0 Å². The van der Waals surface area contributed by atoms with Crippen LogP contribution in [0.4, 0.5) is 10.5 Å². The fourth-order valence-electron chi connectivity index (χ4n) is 5.22. The second-order valence-electron chi connectivity index (χ2n) is 9.58. The molecule has 5 rings (SSSR count). The molecule has 1 aliphatic carbocycles. The highest BCUT2D eigenvalue weighted by atomic mass is 16.5. The first-order valence-electron chi connectivity index (χ1n) is 12.0. The van der Waals surface area contributed by atoms with Crippen molar-refractivity contribution in [2.24, 2.45) is 0 Å². The molecule has 3 atom stereocenters. The Balaban J connectivity index is 1.53. The van der Waals surface area contributed by atoms with Crippen LogP contribution in [0.25, 0.3) is 11.1 Å². The van der Waals surface area contributed by atoms with Gasteiger partial charge in [0.25, 0.3) is 0 Å². The van der Waals surface area contributed by atoms with Crippen LogP contribution in [0.15, 0.2) is 24.5 Å². The summed E-state index contributed by atoms with van der Waals surface area (Å²) in [5.41, 5.74) is 4.18. The third-order valence-electron chi connectivity index (χ3n) is 7.34. The Hall–Kier alpha value is -2.54. The van der Waals surface area contributed by atoms with Crippen LogP contribution in [0.2, 0.25) is 0 Å². The molecule has 1 amide bonds. The summed E-state index contributed by atoms with van der Waals surface area (Å²) in [7, 11) is 1.44. The van der Waals surface area contributed by atoms with Gasteiger partial charge in [0.15, 0.2) is 0 Å². The molecule has 1 aromatic carbocycles. The Labute approximate surface area is 190 Å². The largest absolute Gasteiger partial charge is 0.489 e. The molecular weight excluding hydrogens is 404 g/mol. The maximum absolute atomic E-state index is 12.5. The van der Waals surface area contributed by atoms with Crippen molar-refractivity contribution in [3.05, 3.63) is 30.1 Å². The fourth-order valence-corrected chi connectivity index (χ4v) is 5.22. The summed E-state index contributed by atoms with van der Waals surface area (Å²) in [5, 5.41) is 8.25. The summed E-state index contributed by atoms with van der Waals surface area (Å²) >= 11 is 0. The molecule has 32 heavy (non-hydrogen) atoms. The van der Waals surface area contributed by atoms with Gasteiger partial charge in [-0.1, -0.05) is 0 Å². The number of aromatic nitrogens is 2. The van der Waals surface area contributed by atoms with E-state index in [0.717, 1.165) is 73.2 Å². The lowest BCUT2D eigenvalue weighted by Gasteiger charge is -2.37. The van der Waals surface area contributed by atoms with Crippen LogP contribution in [0.3, 0.4) is 0 Å². The zero-order chi connectivity index (χ0) is 22.2. The van der Waals surface area contributed by atoms with Crippen molar-refractivity contribution in [3.63, 3.8) is 0 Å². The molecule has 0 unspecified atom stereocenters. The van der Waals surface area contributed by atoms with E-state index in [1.54, 1.807) is 4.90 Å². The number of rotatable bonds is 4. The van der Waals surface area contributed by atoms with Crippen molar-refractivity contribution in [1.29, 1.82) is 0 Å². The predicted octanol–water partition coefficient (Wildman–Crippen LogP) is 4.70. The topological polar surface area (TPSA) is 68.6 Å². The highest BCUT2D eigenvalue weighted by molar-refractivity contribution is 5.92. The van der Waals surface area contributed by atoms with E-state index in [1.165, 1.54) is 13.5 Å². The Morgan fingerprint density at radius 3 is 2.75 bits per heavy atom. The predicted molar refractivity (Wildman–Crippen MR) is 124 cm³/mol. The number of fused-ring (bicyclic) bond motifs is 1. The second kappa shape index (κ2) is 8.77. The minimum atomic E-state index is -0.311. The van der Waals surface area contributed by atoms with Crippen LogP contribution in [0, 0.1) is 0 Å². The molecule has 7 nitrogen and oxygen atoms in total. The number of hydrogen-bond acceptors (Lipinski definition) is 5. The van der Waals surface area contributed by atoms with Crippen molar-refractivity contribution >= 4 is 11.8 Å². The molecule has 172 valence electrons. The van der Waals surface area contributed by atoms with E-state index in [2.05, 4.69) is 42.2 Å². The van der Waals surface area contributed by atoms with Gasteiger partial charge in [0.2, 0.25) is 0 Å². The van der Waals surface area contributed by atoms with Crippen LogP contribution in [0.1, 0.15) is 64.0 Å². The second-order valence-corrected chi connectivity index (χ2v) is 9.58. The molecule has 1 N–H and O–H groups in total. The van der Waals surface area contributed by atoms with E-state index in [4.69, 9.17) is 14.6 Å². The summed E-state index contributed by atoms with van der Waals surface area (Å²) in [6, 6.07) is 5.17. The minimum Gasteiger partial charge on any atom is -0.489 e. The van der Waals surface area contributed by atoms with Crippen LogP contribution in [-0.2, 0) is 11.2 Å². The highest BCUT2D eigenvalue weighted by Crippen LogP contribution is 2.45. The number of hydrogen-bond donors (Lipinski definition) is 1. The van der Waals surface area contributed by atoms with Crippen LogP contribution >= 0.6 is 0 Å². The van der Waals surface area contributed by atoms with Gasteiger partial charge in [-0.25, -0.2) is 4.79 Å². The zero-order valence-electron chi connectivity index (χ0n) is 19.3. The number of carbonyl (C=O) groups excluding carboxylic acids is 1. The van der Waals surface area contributed by atoms with Crippen molar-refractivity contribution in [2.75, 3.05) is 18.6 Å². The smallest absolute Gasteiger partial charge is 0.414 e.